The zero-order valence-corrected chi connectivity index (χ0v) is 26.7. The maximum absolute atomic E-state index is 10.5. The quantitative estimate of drug-likeness (QED) is 0.257. The van der Waals surface area contributed by atoms with Crippen molar-refractivity contribution in [3.05, 3.63) is 11.6 Å². The van der Waals surface area contributed by atoms with E-state index < -0.39 is 37.3 Å². The maximum Gasteiger partial charge on any atom is 0.186 e. The molecule has 1 saturated heterocycles. The van der Waals surface area contributed by atoms with E-state index in [2.05, 4.69) is 47.6 Å². The van der Waals surface area contributed by atoms with Crippen LogP contribution in [0, 0.1) is 52.3 Å². The zero-order chi connectivity index (χ0) is 29.7. The molecule has 236 valence electrons. The number of aliphatic hydroxyl groups excluding tert-OH is 4. The second-order valence-electron chi connectivity index (χ2n) is 15.7. The number of hydrogen-bond donors (Lipinski definition) is 4. The first-order chi connectivity index (χ1) is 19.4. The SMILES string of the molecule is CC[C@H](CC[C@@H](C)[C@@H]1CC[C@@H]2[C@H]3CC=C4C[C@@H](O[C@H]5O[C@@H](CO)[C@H](O)[C@@H](O)[C@@H]5O)CC[C@]4(C)[C@H]3CC[C@@]21C)C(C)C. The predicted molar refractivity (Wildman–Crippen MR) is 161 cm³/mol. The number of hydrogen-bond acceptors (Lipinski definition) is 6. The van der Waals surface area contributed by atoms with E-state index in [1.54, 1.807) is 0 Å². The summed E-state index contributed by atoms with van der Waals surface area (Å²) in [7, 11) is 0. The number of ether oxygens (including phenoxy) is 2. The Morgan fingerprint density at radius 1 is 0.951 bits per heavy atom. The molecule has 1 heterocycles. The third kappa shape index (κ3) is 5.73. The number of aliphatic hydroxyl groups is 4. The molecule has 0 aromatic heterocycles. The van der Waals surface area contributed by atoms with Crippen LogP contribution in [-0.4, -0.2) is 63.8 Å². The van der Waals surface area contributed by atoms with Crippen molar-refractivity contribution in [3.8, 4) is 0 Å². The molecule has 0 unspecified atom stereocenters. The largest absolute Gasteiger partial charge is 0.394 e. The Morgan fingerprint density at radius 3 is 2.39 bits per heavy atom. The number of rotatable bonds is 9. The number of fused-ring (bicyclic) bond motifs is 5. The summed E-state index contributed by atoms with van der Waals surface area (Å²) in [4.78, 5) is 0. The molecule has 5 rings (SSSR count). The fraction of sp³-hybridized carbons (Fsp3) is 0.943. The highest BCUT2D eigenvalue weighted by atomic mass is 16.7. The summed E-state index contributed by atoms with van der Waals surface area (Å²) in [5, 5.41) is 40.4. The van der Waals surface area contributed by atoms with Crippen LogP contribution in [0.4, 0.5) is 0 Å². The summed E-state index contributed by atoms with van der Waals surface area (Å²) < 4.78 is 11.9. The average Bonchev–Trinajstić information content (AvgIpc) is 3.30. The van der Waals surface area contributed by atoms with Gasteiger partial charge in [0.1, 0.15) is 24.4 Å². The monoisotopic (exact) mass is 576 g/mol. The Morgan fingerprint density at radius 2 is 1.71 bits per heavy atom. The lowest BCUT2D eigenvalue weighted by molar-refractivity contribution is -0.313. The van der Waals surface area contributed by atoms with Gasteiger partial charge in [-0.15, -0.1) is 0 Å². The lowest BCUT2D eigenvalue weighted by Gasteiger charge is -2.58. The standard InChI is InChI=1S/C35H60O6/c1-7-22(20(2)3)9-8-21(4)26-12-13-27-25-11-10-23-18-24(14-16-34(23,5)28(25)15-17-35(26,27)6)40-33-32(39)31(38)30(37)29(19-36)41-33/h10,20-22,24-33,36-39H,7-9,11-19H2,1-6H3/t21-,22-,24+,25-,26+,27-,28+,29+,30+,31-,32+,33+,34+,35-/m1/s1. The minimum atomic E-state index is -1.40. The lowest BCUT2D eigenvalue weighted by Crippen LogP contribution is -2.60. The van der Waals surface area contributed by atoms with Crippen molar-refractivity contribution in [2.24, 2.45) is 52.3 Å². The molecule has 3 saturated carbocycles. The van der Waals surface area contributed by atoms with Crippen molar-refractivity contribution in [1.29, 1.82) is 0 Å². The van der Waals surface area contributed by atoms with Gasteiger partial charge in [-0.25, -0.2) is 0 Å². The van der Waals surface area contributed by atoms with Crippen molar-refractivity contribution >= 4 is 0 Å². The first-order valence-electron chi connectivity index (χ1n) is 17.1. The molecule has 0 spiro atoms. The van der Waals surface area contributed by atoms with E-state index >= 15 is 0 Å². The highest BCUT2D eigenvalue weighted by Gasteiger charge is 2.59. The van der Waals surface area contributed by atoms with Gasteiger partial charge in [0.25, 0.3) is 0 Å². The minimum Gasteiger partial charge on any atom is -0.394 e. The summed E-state index contributed by atoms with van der Waals surface area (Å²) in [6, 6.07) is 0. The van der Waals surface area contributed by atoms with E-state index in [0.717, 1.165) is 60.7 Å². The molecule has 4 aliphatic carbocycles. The smallest absolute Gasteiger partial charge is 0.186 e. The summed E-state index contributed by atoms with van der Waals surface area (Å²) in [6.45, 7) is 14.5. The molecule has 0 amide bonds. The van der Waals surface area contributed by atoms with Gasteiger partial charge in [-0.2, -0.15) is 0 Å². The molecule has 0 bridgehead atoms. The summed E-state index contributed by atoms with van der Waals surface area (Å²) in [6.07, 6.45) is 9.92. The van der Waals surface area contributed by atoms with Gasteiger partial charge in [-0.05, 0) is 110 Å². The fourth-order valence-corrected chi connectivity index (χ4v) is 10.8. The molecule has 1 aliphatic heterocycles. The van der Waals surface area contributed by atoms with E-state index in [0.29, 0.717) is 5.41 Å². The van der Waals surface area contributed by atoms with Crippen LogP contribution in [-0.2, 0) is 9.47 Å². The fourth-order valence-electron chi connectivity index (χ4n) is 10.8. The molecule has 6 heteroatoms. The van der Waals surface area contributed by atoms with Gasteiger partial charge in [-0.3, -0.25) is 0 Å². The van der Waals surface area contributed by atoms with Gasteiger partial charge < -0.3 is 29.9 Å². The van der Waals surface area contributed by atoms with Gasteiger partial charge >= 0.3 is 0 Å². The highest BCUT2D eigenvalue weighted by molar-refractivity contribution is 5.25. The Hall–Kier alpha value is -0.500. The zero-order valence-electron chi connectivity index (χ0n) is 26.7. The molecular formula is C35H60O6. The normalized spacial score (nSPS) is 47.7. The molecule has 0 aromatic rings. The summed E-state index contributed by atoms with van der Waals surface area (Å²) in [5.41, 5.74) is 2.19. The Kier molecular flexibility index (Phi) is 9.71. The predicted octanol–water partition coefficient (Wildman–Crippen LogP) is 5.85. The molecule has 14 atom stereocenters. The van der Waals surface area contributed by atoms with E-state index in [9.17, 15) is 20.4 Å². The topological polar surface area (TPSA) is 99.4 Å². The third-order valence-corrected chi connectivity index (χ3v) is 13.5. The third-order valence-electron chi connectivity index (χ3n) is 13.5. The molecule has 4 fully saturated rings. The molecular weight excluding hydrogens is 516 g/mol. The van der Waals surface area contributed by atoms with Crippen LogP contribution in [0.25, 0.3) is 0 Å². The lowest BCUT2D eigenvalue weighted by atomic mass is 9.47. The Labute approximate surface area is 249 Å². The maximum atomic E-state index is 10.5. The van der Waals surface area contributed by atoms with E-state index in [1.165, 1.54) is 56.9 Å². The van der Waals surface area contributed by atoms with Crippen molar-refractivity contribution in [2.45, 2.75) is 149 Å². The molecule has 41 heavy (non-hydrogen) atoms. The molecule has 0 aromatic carbocycles. The average molecular weight is 577 g/mol. The van der Waals surface area contributed by atoms with Crippen molar-refractivity contribution in [3.63, 3.8) is 0 Å². The molecule has 6 nitrogen and oxygen atoms in total. The first kappa shape index (κ1) is 31.9. The first-order valence-corrected chi connectivity index (χ1v) is 17.1. The van der Waals surface area contributed by atoms with Crippen LogP contribution in [0.15, 0.2) is 11.6 Å². The highest BCUT2D eigenvalue weighted by Crippen LogP contribution is 2.67. The van der Waals surface area contributed by atoms with Crippen molar-refractivity contribution < 1.29 is 29.9 Å². The Bertz CT molecular complexity index is 918. The second-order valence-corrected chi connectivity index (χ2v) is 15.7. The van der Waals surface area contributed by atoms with E-state index in [-0.39, 0.29) is 11.5 Å². The van der Waals surface area contributed by atoms with Crippen molar-refractivity contribution in [2.75, 3.05) is 6.61 Å². The van der Waals surface area contributed by atoms with Crippen LogP contribution in [0.3, 0.4) is 0 Å². The summed E-state index contributed by atoms with van der Waals surface area (Å²) in [5.74, 6) is 5.66. The minimum absolute atomic E-state index is 0.101. The number of allylic oxidation sites excluding steroid dienone is 1. The molecule has 5 aliphatic rings. The van der Waals surface area contributed by atoms with Gasteiger partial charge in [0.15, 0.2) is 6.29 Å². The second kappa shape index (κ2) is 12.5. The molecule has 0 radical (unpaired) electrons. The van der Waals surface area contributed by atoms with Crippen molar-refractivity contribution in [1.82, 2.24) is 0 Å². The van der Waals surface area contributed by atoms with Gasteiger partial charge in [0.05, 0.1) is 12.7 Å². The van der Waals surface area contributed by atoms with Gasteiger partial charge in [0, 0.05) is 0 Å². The van der Waals surface area contributed by atoms with E-state index in [1.807, 2.05) is 0 Å². The molecule has 4 N–H and O–H groups in total. The Balaban J connectivity index is 1.24. The van der Waals surface area contributed by atoms with Crippen LogP contribution in [0.1, 0.15) is 112 Å². The van der Waals surface area contributed by atoms with E-state index in [4.69, 9.17) is 9.47 Å². The van der Waals surface area contributed by atoms with Crippen LogP contribution in [0.2, 0.25) is 0 Å². The summed E-state index contributed by atoms with van der Waals surface area (Å²) >= 11 is 0. The van der Waals surface area contributed by atoms with Crippen LogP contribution in [0.5, 0.6) is 0 Å². The van der Waals surface area contributed by atoms with Crippen LogP contribution >= 0.6 is 0 Å². The van der Waals surface area contributed by atoms with Gasteiger partial charge in [-0.1, -0.05) is 66.0 Å². The van der Waals surface area contributed by atoms with Gasteiger partial charge in [0.2, 0.25) is 0 Å². The van der Waals surface area contributed by atoms with Crippen LogP contribution < -0.4 is 0 Å².